The Bertz CT molecular complexity index is 430. The maximum absolute atomic E-state index is 10.2. The molecule has 1 aromatic rings. The monoisotopic (exact) mass is 296 g/mol. The number of hydrogen-bond acceptors (Lipinski definition) is 4. The first-order chi connectivity index (χ1) is 9.46. The second-order valence-corrected chi connectivity index (χ2v) is 10.6. The molecule has 1 aliphatic rings. The standard InChI is InChI=1S/C15H24O4Si/c1-20(2,3)19-15-11-18-9-13-7-5-4-6-12(13)8-17-10-14(15)16/h4-7,14-16H,8-11H2,1-3H3/t14-,15+/m1/s1. The summed E-state index contributed by atoms with van der Waals surface area (Å²) in [5.74, 6) is 0. The fourth-order valence-corrected chi connectivity index (χ4v) is 3.33. The summed E-state index contributed by atoms with van der Waals surface area (Å²) < 4.78 is 17.4. The number of fused-ring (bicyclic) bond motifs is 1. The first kappa shape index (κ1) is 15.7. The third kappa shape index (κ3) is 4.68. The lowest BCUT2D eigenvalue weighted by atomic mass is 10.1. The molecule has 1 heterocycles. The number of aliphatic hydroxyl groups excluding tert-OH is 1. The molecule has 0 spiro atoms. The van der Waals surface area contributed by atoms with Crippen LogP contribution in [0.3, 0.4) is 0 Å². The van der Waals surface area contributed by atoms with Crippen LogP contribution in [0.4, 0.5) is 0 Å². The van der Waals surface area contributed by atoms with Crippen molar-refractivity contribution in [1.29, 1.82) is 0 Å². The molecule has 1 N–H and O–H groups in total. The number of benzene rings is 1. The van der Waals surface area contributed by atoms with Crippen LogP contribution in [0.1, 0.15) is 11.1 Å². The lowest BCUT2D eigenvalue weighted by Gasteiger charge is -2.30. The Labute approximate surface area is 121 Å². The maximum atomic E-state index is 10.2. The zero-order valence-corrected chi connectivity index (χ0v) is 13.5. The van der Waals surface area contributed by atoms with E-state index in [1.165, 1.54) is 0 Å². The molecule has 0 saturated carbocycles. The molecule has 0 fully saturated rings. The Hall–Kier alpha value is -0.723. The predicted molar refractivity (Wildman–Crippen MR) is 80.0 cm³/mol. The van der Waals surface area contributed by atoms with Crippen molar-refractivity contribution in [3.63, 3.8) is 0 Å². The van der Waals surface area contributed by atoms with E-state index in [1.54, 1.807) is 0 Å². The Morgan fingerprint density at radius 3 is 2.15 bits per heavy atom. The highest BCUT2D eigenvalue weighted by Crippen LogP contribution is 2.17. The second-order valence-electron chi connectivity index (χ2n) is 6.13. The predicted octanol–water partition coefficient (Wildman–Crippen LogP) is 2.31. The molecule has 0 saturated heterocycles. The fourth-order valence-electron chi connectivity index (χ4n) is 2.20. The van der Waals surface area contributed by atoms with Crippen LogP contribution < -0.4 is 0 Å². The molecule has 0 aromatic heterocycles. The SMILES string of the molecule is C[Si](C)(C)O[C@H]1COCc2ccccc2COC[C@H]1O. The van der Waals surface area contributed by atoms with Gasteiger partial charge in [-0.3, -0.25) is 0 Å². The van der Waals surface area contributed by atoms with Gasteiger partial charge in [-0.1, -0.05) is 24.3 Å². The van der Waals surface area contributed by atoms with Crippen molar-refractivity contribution in [3.05, 3.63) is 35.4 Å². The van der Waals surface area contributed by atoms with Crippen LogP contribution in [0, 0.1) is 0 Å². The highest BCUT2D eigenvalue weighted by atomic mass is 28.4. The van der Waals surface area contributed by atoms with E-state index in [-0.39, 0.29) is 12.7 Å². The third-order valence-electron chi connectivity index (χ3n) is 3.14. The Kier molecular flexibility index (Phi) is 5.34. The van der Waals surface area contributed by atoms with Gasteiger partial charge in [0.2, 0.25) is 0 Å². The minimum Gasteiger partial charge on any atom is -0.410 e. The second kappa shape index (κ2) is 6.82. The van der Waals surface area contributed by atoms with Crippen molar-refractivity contribution in [2.75, 3.05) is 13.2 Å². The molecule has 2 rings (SSSR count). The average molecular weight is 296 g/mol. The topological polar surface area (TPSA) is 47.9 Å². The summed E-state index contributed by atoms with van der Waals surface area (Å²) in [5, 5.41) is 10.2. The molecule has 1 aromatic carbocycles. The van der Waals surface area contributed by atoms with Crippen molar-refractivity contribution in [3.8, 4) is 0 Å². The quantitative estimate of drug-likeness (QED) is 0.851. The van der Waals surface area contributed by atoms with Gasteiger partial charge in [-0.15, -0.1) is 0 Å². The Balaban J connectivity index is 2.05. The average Bonchev–Trinajstić information content (AvgIpc) is 2.37. The minimum absolute atomic E-state index is 0.271. The van der Waals surface area contributed by atoms with Gasteiger partial charge in [0.1, 0.15) is 6.10 Å². The highest BCUT2D eigenvalue weighted by Gasteiger charge is 2.28. The molecular formula is C15H24O4Si. The molecule has 2 atom stereocenters. The lowest BCUT2D eigenvalue weighted by molar-refractivity contribution is -0.0723. The van der Waals surface area contributed by atoms with Crippen molar-refractivity contribution in [2.45, 2.75) is 45.1 Å². The molecule has 0 unspecified atom stereocenters. The van der Waals surface area contributed by atoms with Gasteiger partial charge in [-0.2, -0.15) is 0 Å². The van der Waals surface area contributed by atoms with E-state index in [0.29, 0.717) is 19.8 Å². The van der Waals surface area contributed by atoms with Crippen molar-refractivity contribution in [2.24, 2.45) is 0 Å². The molecular weight excluding hydrogens is 272 g/mol. The Morgan fingerprint density at radius 1 is 1.05 bits per heavy atom. The van der Waals surface area contributed by atoms with Crippen LogP contribution in [0.25, 0.3) is 0 Å². The van der Waals surface area contributed by atoms with Crippen molar-refractivity contribution < 1.29 is 19.0 Å². The number of hydrogen-bond donors (Lipinski definition) is 1. The fraction of sp³-hybridized carbons (Fsp3) is 0.600. The van der Waals surface area contributed by atoms with Crippen LogP contribution in [-0.4, -0.2) is 38.8 Å². The summed E-state index contributed by atoms with van der Waals surface area (Å²) in [6.07, 6.45) is -0.959. The molecule has 0 amide bonds. The maximum Gasteiger partial charge on any atom is 0.184 e. The Morgan fingerprint density at radius 2 is 1.60 bits per heavy atom. The van der Waals surface area contributed by atoms with Gasteiger partial charge < -0.3 is 19.0 Å². The van der Waals surface area contributed by atoms with E-state index in [2.05, 4.69) is 19.6 Å². The molecule has 4 nitrogen and oxygen atoms in total. The summed E-state index contributed by atoms with van der Waals surface area (Å²) in [6.45, 7) is 8.00. The van der Waals surface area contributed by atoms with Crippen molar-refractivity contribution >= 4 is 8.32 Å². The summed E-state index contributed by atoms with van der Waals surface area (Å²) >= 11 is 0. The molecule has 1 aliphatic heterocycles. The lowest BCUT2D eigenvalue weighted by Crippen LogP contribution is -2.44. The largest absolute Gasteiger partial charge is 0.410 e. The normalized spacial score (nSPS) is 25.0. The zero-order valence-electron chi connectivity index (χ0n) is 12.5. The van der Waals surface area contributed by atoms with Gasteiger partial charge in [0.05, 0.1) is 32.5 Å². The van der Waals surface area contributed by atoms with E-state index in [9.17, 15) is 5.11 Å². The molecule has 5 heteroatoms. The van der Waals surface area contributed by atoms with Gasteiger partial charge in [0.25, 0.3) is 0 Å². The smallest absolute Gasteiger partial charge is 0.184 e. The number of aliphatic hydroxyl groups is 1. The third-order valence-corrected chi connectivity index (χ3v) is 4.15. The van der Waals surface area contributed by atoms with Gasteiger partial charge in [-0.25, -0.2) is 0 Å². The molecule has 0 bridgehead atoms. The summed E-state index contributed by atoms with van der Waals surface area (Å²) in [7, 11) is -1.72. The van der Waals surface area contributed by atoms with Crippen LogP contribution in [0.5, 0.6) is 0 Å². The van der Waals surface area contributed by atoms with E-state index >= 15 is 0 Å². The summed E-state index contributed by atoms with van der Waals surface area (Å²) in [4.78, 5) is 0. The van der Waals surface area contributed by atoms with Gasteiger partial charge in [0, 0.05) is 0 Å². The van der Waals surface area contributed by atoms with Crippen LogP contribution in [0.2, 0.25) is 19.6 Å². The molecule has 0 aliphatic carbocycles. The first-order valence-corrected chi connectivity index (χ1v) is 10.4. The molecule has 112 valence electrons. The van der Waals surface area contributed by atoms with Crippen LogP contribution in [-0.2, 0) is 27.1 Å². The van der Waals surface area contributed by atoms with Crippen LogP contribution in [0.15, 0.2) is 24.3 Å². The first-order valence-electron chi connectivity index (χ1n) is 7.04. The summed E-state index contributed by atoms with van der Waals surface area (Å²) in [5.41, 5.74) is 2.25. The van der Waals surface area contributed by atoms with E-state index in [4.69, 9.17) is 13.9 Å². The van der Waals surface area contributed by atoms with E-state index < -0.39 is 14.4 Å². The summed E-state index contributed by atoms with van der Waals surface area (Å²) in [6, 6.07) is 8.06. The zero-order chi connectivity index (χ0) is 14.6. The van der Waals surface area contributed by atoms with Crippen molar-refractivity contribution in [1.82, 2.24) is 0 Å². The minimum atomic E-state index is -1.72. The molecule has 0 radical (unpaired) electrons. The van der Waals surface area contributed by atoms with Gasteiger partial charge >= 0.3 is 0 Å². The number of ether oxygens (including phenoxy) is 2. The number of rotatable bonds is 2. The van der Waals surface area contributed by atoms with Gasteiger partial charge in [0.15, 0.2) is 8.32 Å². The van der Waals surface area contributed by atoms with E-state index in [1.807, 2.05) is 24.3 Å². The van der Waals surface area contributed by atoms with E-state index in [0.717, 1.165) is 11.1 Å². The highest BCUT2D eigenvalue weighted by molar-refractivity contribution is 6.69. The van der Waals surface area contributed by atoms with Gasteiger partial charge in [-0.05, 0) is 30.8 Å². The molecule has 20 heavy (non-hydrogen) atoms. The van der Waals surface area contributed by atoms with Crippen LogP contribution >= 0.6 is 0 Å².